The molecule has 0 unspecified atom stereocenters. The van der Waals surface area contributed by atoms with E-state index in [0.29, 0.717) is 6.04 Å². The number of ether oxygens (including phenoxy) is 1. The van der Waals surface area contributed by atoms with Crippen molar-refractivity contribution < 1.29 is 9.53 Å². The molecule has 2 saturated carbocycles. The summed E-state index contributed by atoms with van der Waals surface area (Å²) in [4.78, 5) is 12.2. The second-order valence-electron chi connectivity index (χ2n) is 5.97. The molecule has 0 spiro atoms. The Morgan fingerprint density at radius 3 is 2.11 bits per heavy atom. The molecule has 0 radical (unpaired) electrons. The van der Waals surface area contributed by atoms with Crippen LogP contribution in [0.2, 0.25) is 0 Å². The van der Waals surface area contributed by atoms with Gasteiger partial charge in [-0.2, -0.15) is 0 Å². The van der Waals surface area contributed by atoms with Gasteiger partial charge in [-0.15, -0.1) is 0 Å². The van der Waals surface area contributed by atoms with Crippen molar-refractivity contribution >= 4 is 5.97 Å². The van der Waals surface area contributed by atoms with Crippen LogP contribution in [0.4, 0.5) is 0 Å². The summed E-state index contributed by atoms with van der Waals surface area (Å²) in [5.41, 5.74) is -0.373. The summed E-state index contributed by atoms with van der Waals surface area (Å²) in [6.45, 7) is 0. The molecule has 0 saturated heterocycles. The molecule has 3 heteroatoms. The number of esters is 1. The molecule has 2 rings (SSSR count). The molecule has 2 aliphatic carbocycles. The van der Waals surface area contributed by atoms with E-state index in [1.807, 2.05) is 0 Å². The highest BCUT2D eigenvalue weighted by molar-refractivity contribution is 5.80. The van der Waals surface area contributed by atoms with E-state index >= 15 is 0 Å². The highest BCUT2D eigenvalue weighted by Crippen LogP contribution is 2.31. The summed E-state index contributed by atoms with van der Waals surface area (Å²) in [6.07, 6.45) is 13.2. The van der Waals surface area contributed by atoms with Crippen molar-refractivity contribution in [1.82, 2.24) is 5.32 Å². The zero-order chi connectivity index (χ0) is 12.8. The van der Waals surface area contributed by atoms with Crippen molar-refractivity contribution in [1.29, 1.82) is 0 Å². The van der Waals surface area contributed by atoms with Gasteiger partial charge in [0.15, 0.2) is 0 Å². The molecule has 2 fully saturated rings. The average molecular weight is 253 g/mol. The van der Waals surface area contributed by atoms with E-state index in [1.165, 1.54) is 52.1 Å². The zero-order valence-corrected chi connectivity index (χ0v) is 11.7. The van der Waals surface area contributed by atoms with Gasteiger partial charge in [0.05, 0.1) is 7.11 Å². The quantitative estimate of drug-likeness (QED) is 0.620. The average Bonchev–Trinajstić information content (AvgIpc) is 2.67. The maximum Gasteiger partial charge on any atom is 0.326 e. The van der Waals surface area contributed by atoms with E-state index in [0.717, 1.165) is 25.7 Å². The minimum absolute atomic E-state index is 0.0357. The van der Waals surface area contributed by atoms with Gasteiger partial charge in [-0.25, -0.2) is 0 Å². The van der Waals surface area contributed by atoms with Crippen molar-refractivity contribution in [3.63, 3.8) is 0 Å². The van der Waals surface area contributed by atoms with Gasteiger partial charge in [0.25, 0.3) is 0 Å². The van der Waals surface area contributed by atoms with E-state index in [9.17, 15) is 4.79 Å². The van der Waals surface area contributed by atoms with Crippen LogP contribution in [0.3, 0.4) is 0 Å². The minimum Gasteiger partial charge on any atom is -0.468 e. The molecule has 104 valence electrons. The monoisotopic (exact) mass is 253 g/mol. The molecule has 0 amide bonds. The Balaban J connectivity index is 2.01. The lowest BCUT2D eigenvalue weighted by Gasteiger charge is -2.38. The maximum atomic E-state index is 12.2. The number of rotatable bonds is 3. The Kier molecular flexibility index (Phi) is 5.04. The largest absolute Gasteiger partial charge is 0.468 e. The Hall–Kier alpha value is -0.570. The Bertz CT molecular complexity index is 264. The van der Waals surface area contributed by atoms with E-state index in [1.54, 1.807) is 0 Å². The topological polar surface area (TPSA) is 38.3 Å². The molecular weight excluding hydrogens is 226 g/mol. The highest BCUT2D eigenvalue weighted by Gasteiger charge is 2.41. The van der Waals surface area contributed by atoms with Gasteiger partial charge in [0.1, 0.15) is 5.54 Å². The Morgan fingerprint density at radius 1 is 1.00 bits per heavy atom. The molecule has 0 aliphatic heterocycles. The van der Waals surface area contributed by atoms with Gasteiger partial charge in [-0.1, -0.05) is 44.9 Å². The maximum absolute atomic E-state index is 12.2. The number of hydrogen-bond donors (Lipinski definition) is 1. The van der Waals surface area contributed by atoms with E-state index in [2.05, 4.69) is 5.32 Å². The fourth-order valence-corrected chi connectivity index (χ4v) is 3.57. The fourth-order valence-electron chi connectivity index (χ4n) is 3.57. The zero-order valence-electron chi connectivity index (χ0n) is 11.7. The SMILES string of the molecule is COC(=O)C1(NC2CCCCCC2)CCCCC1. The fraction of sp³-hybridized carbons (Fsp3) is 0.933. The van der Waals surface area contributed by atoms with Crippen LogP contribution in [-0.2, 0) is 9.53 Å². The molecule has 2 aliphatic rings. The summed E-state index contributed by atoms with van der Waals surface area (Å²) < 4.78 is 5.06. The van der Waals surface area contributed by atoms with Gasteiger partial charge >= 0.3 is 5.97 Å². The molecule has 0 atom stereocenters. The summed E-state index contributed by atoms with van der Waals surface area (Å²) in [5, 5.41) is 3.69. The molecule has 1 N–H and O–H groups in total. The van der Waals surface area contributed by atoms with Crippen molar-refractivity contribution in [3.05, 3.63) is 0 Å². The highest BCUT2D eigenvalue weighted by atomic mass is 16.5. The van der Waals surface area contributed by atoms with Crippen molar-refractivity contribution in [2.75, 3.05) is 7.11 Å². The van der Waals surface area contributed by atoms with Gasteiger partial charge < -0.3 is 4.74 Å². The van der Waals surface area contributed by atoms with Crippen LogP contribution >= 0.6 is 0 Å². The first-order chi connectivity index (χ1) is 8.77. The number of carbonyl (C=O) groups excluding carboxylic acids is 1. The molecule has 3 nitrogen and oxygen atoms in total. The first-order valence-electron chi connectivity index (χ1n) is 7.63. The summed E-state index contributed by atoms with van der Waals surface area (Å²) >= 11 is 0. The predicted octanol–water partition coefficient (Wildman–Crippen LogP) is 3.17. The summed E-state index contributed by atoms with van der Waals surface area (Å²) in [6, 6.07) is 0.518. The third-order valence-corrected chi connectivity index (χ3v) is 4.62. The second kappa shape index (κ2) is 6.55. The molecule has 0 bridgehead atoms. The number of carbonyl (C=O) groups is 1. The molecule has 0 aromatic heterocycles. The lowest BCUT2D eigenvalue weighted by molar-refractivity contribution is -0.150. The lowest BCUT2D eigenvalue weighted by Crippen LogP contribution is -2.57. The number of methoxy groups -OCH3 is 1. The normalized spacial score (nSPS) is 25.4. The summed E-state index contributed by atoms with van der Waals surface area (Å²) in [7, 11) is 1.52. The van der Waals surface area contributed by atoms with Crippen LogP contribution in [0.1, 0.15) is 70.6 Å². The van der Waals surface area contributed by atoms with Crippen molar-refractivity contribution in [2.24, 2.45) is 0 Å². The van der Waals surface area contributed by atoms with Crippen LogP contribution in [0.25, 0.3) is 0 Å². The van der Waals surface area contributed by atoms with Crippen LogP contribution in [0.15, 0.2) is 0 Å². The standard InChI is InChI=1S/C15H27NO2/c1-18-14(17)15(11-7-4-8-12-15)16-13-9-5-2-3-6-10-13/h13,16H,2-12H2,1H3. The van der Waals surface area contributed by atoms with Crippen LogP contribution in [0.5, 0.6) is 0 Å². The second-order valence-corrected chi connectivity index (χ2v) is 5.97. The van der Waals surface area contributed by atoms with Crippen molar-refractivity contribution in [3.8, 4) is 0 Å². The van der Waals surface area contributed by atoms with Gasteiger partial charge in [0, 0.05) is 6.04 Å². The van der Waals surface area contributed by atoms with Gasteiger partial charge in [0.2, 0.25) is 0 Å². The lowest BCUT2D eigenvalue weighted by atomic mass is 9.80. The van der Waals surface area contributed by atoms with E-state index < -0.39 is 0 Å². The predicted molar refractivity (Wildman–Crippen MR) is 72.5 cm³/mol. The molecule has 0 aromatic carbocycles. The Labute approximate surface area is 111 Å². The molecule has 18 heavy (non-hydrogen) atoms. The number of nitrogens with one attached hydrogen (secondary N) is 1. The number of hydrogen-bond acceptors (Lipinski definition) is 3. The molecule has 0 aromatic rings. The van der Waals surface area contributed by atoms with Crippen LogP contribution in [0, 0.1) is 0 Å². The minimum atomic E-state index is -0.373. The molecular formula is C15H27NO2. The third-order valence-electron chi connectivity index (χ3n) is 4.62. The van der Waals surface area contributed by atoms with E-state index in [-0.39, 0.29) is 11.5 Å². The molecule has 0 heterocycles. The first kappa shape index (κ1) is 13.9. The van der Waals surface area contributed by atoms with Gasteiger partial charge in [-0.3, -0.25) is 10.1 Å². The van der Waals surface area contributed by atoms with Gasteiger partial charge in [-0.05, 0) is 25.7 Å². The third kappa shape index (κ3) is 3.25. The summed E-state index contributed by atoms with van der Waals surface area (Å²) in [5.74, 6) is -0.0357. The van der Waals surface area contributed by atoms with Crippen LogP contribution in [-0.4, -0.2) is 24.7 Å². The van der Waals surface area contributed by atoms with Crippen molar-refractivity contribution in [2.45, 2.75) is 82.2 Å². The smallest absolute Gasteiger partial charge is 0.326 e. The Morgan fingerprint density at radius 2 is 1.56 bits per heavy atom. The van der Waals surface area contributed by atoms with Crippen LogP contribution < -0.4 is 5.32 Å². The first-order valence-corrected chi connectivity index (χ1v) is 7.63. The van der Waals surface area contributed by atoms with E-state index in [4.69, 9.17) is 4.74 Å².